The van der Waals surface area contributed by atoms with Gasteiger partial charge in [-0.05, 0) is 50.4 Å². The second kappa shape index (κ2) is 5.31. The van der Waals surface area contributed by atoms with Crippen molar-refractivity contribution in [3.05, 3.63) is 42.0 Å². The molecule has 1 heteroatoms. The van der Waals surface area contributed by atoms with Gasteiger partial charge >= 0.3 is 0 Å². The van der Waals surface area contributed by atoms with Crippen LogP contribution in [0.2, 0.25) is 0 Å². The fourth-order valence-corrected chi connectivity index (χ4v) is 2.29. The predicted molar refractivity (Wildman–Crippen MR) is 70.5 cm³/mol. The standard InChI is InChI=1S/C15H21N/c1-13(2)15-7-5-6-14(12-15)8-11-16-9-3-4-10-16/h5-7,12H,1,3-4,8-11H2,2H3. The average molecular weight is 215 g/mol. The van der Waals surface area contributed by atoms with Gasteiger partial charge in [-0.2, -0.15) is 0 Å². The molecule has 1 saturated heterocycles. The summed E-state index contributed by atoms with van der Waals surface area (Å²) < 4.78 is 0. The molecule has 1 aromatic carbocycles. The third-order valence-corrected chi connectivity index (χ3v) is 3.34. The predicted octanol–water partition coefficient (Wildman–Crippen LogP) is 3.36. The number of rotatable bonds is 4. The molecule has 0 aromatic heterocycles. The minimum Gasteiger partial charge on any atom is -0.303 e. The summed E-state index contributed by atoms with van der Waals surface area (Å²) in [7, 11) is 0. The molecule has 0 atom stereocenters. The molecule has 0 aliphatic carbocycles. The van der Waals surface area contributed by atoms with Crippen LogP contribution in [0.15, 0.2) is 30.8 Å². The highest BCUT2D eigenvalue weighted by molar-refractivity contribution is 5.61. The molecule has 16 heavy (non-hydrogen) atoms. The maximum Gasteiger partial charge on any atom is 0.00218 e. The normalized spacial score (nSPS) is 16.6. The first-order chi connectivity index (χ1) is 7.75. The molecule has 1 fully saturated rings. The highest BCUT2D eigenvalue weighted by Crippen LogP contribution is 2.15. The molecule has 1 aliphatic heterocycles. The van der Waals surface area contributed by atoms with E-state index in [-0.39, 0.29) is 0 Å². The number of hydrogen-bond acceptors (Lipinski definition) is 1. The summed E-state index contributed by atoms with van der Waals surface area (Å²) in [6.45, 7) is 9.85. The Balaban J connectivity index is 1.93. The fraction of sp³-hybridized carbons (Fsp3) is 0.467. The molecule has 86 valence electrons. The molecule has 1 nitrogen and oxygen atoms in total. The summed E-state index contributed by atoms with van der Waals surface area (Å²) in [6, 6.07) is 8.78. The van der Waals surface area contributed by atoms with Gasteiger partial charge in [0.05, 0.1) is 0 Å². The van der Waals surface area contributed by atoms with Crippen LogP contribution < -0.4 is 0 Å². The summed E-state index contributed by atoms with van der Waals surface area (Å²) in [5.74, 6) is 0. The molecule has 1 aliphatic rings. The van der Waals surface area contributed by atoms with Crippen LogP contribution in [0.4, 0.5) is 0 Å². The van der Waals surface area contributed by atoms with Crippen molar-refractivity contribution in [2.45, 2.75) is 26.2 Å². The molecule has 0 N–H and O–H groups in total. The zero-order valence-electron chi connectivity index (χ0n) is 10.2. The molecule has 0 unspecified atom stereocenters. The molecule has 0 amide bonds. The van der Waals surface area contributed by atoms with E-state index in [1.165, 1.54) is 50.0 Å². The molecule has 0 bridgehead atoms. The SMILES string of the molecule is C=C(C)c1cccc(CCN2CCCC2)c1. The number of allylic oxidation sites excluding steroid dienone is 1. The van der Waals surface area contributed by atoms with Gasteiger partial charge in [0.25, 0.3) is 0 Å². The zero-order valence-corrected chi connectivity index (χ0v) is 10.2. The first-order valence-corrected chi connectivity index (χ1v) is 6.23. The molecule has 2 rings (SSSR count). The topological polar surface area (TPSA) is 3.24 Å². The summed E-state index contributed by atoms with van der Waals surface area (Å²) in [5, 5.41) is 0. The van der Waals surface area contributed by atoms with Gasteiger partial charge in [-0.25, -0.2) is 0 Å². The molecular weight excluding hydrogens is 194 g/mol. The average Bonchev–Trinajstić information content (AvgIpc) is 2.79. The van der Waals surface area contributed by atoms with Gasteiger partial charge in [-0.3, -0.25) is 0 Å². The number of nitrogens with zero attached hydrogens (tertiary/aromatic N) is 1. The van der Waals surface area contributed by atoms with E-state index >= 15 is 0 Å². The van der Waals surface area contributed by atoms with E-state index in [1.807, 2.05) is 0 Å². The Hall–Kier alpha value is -1.08. The van der Waals surface area contributed by atoms with Crippen molar-refractivity contribution in [2.75, 3.05) is 19.6 Å². The fourth-order valence-electron chi connectivity index (χ4n) is 2.29. The van der Waals surface area contributed by atoms with Crippen molar-refractivity contribution in [1.82, 2.24) is 4.90 Å². The van der Waals surface area contributed by atoms with Crippen LogP contribution in [0.25, 0.3) is 5.57 Å². The molecule has 0 radical (unpaired) electrons. The largest absolute Gasteiger partial charge is 0.303 e. The van der Waals surface area contributed by atoms with Gasteiger partial charge in [0.2, 0.25) is 0 Å². The van der Waals surface area contributed by atoms with E-state index < -0.39 is 0 Å². The minimum absolute atomic E-state index is 1.16. The van der Waals surface area contributed by atoms with E-state index in [2.05, 4.69) is 42.7 Å². The second-order valence-electron chi connectivity index (χ2n) is 4.78. The molecule has 0 spiro atoms. The lowest BCUT2D eigenvalue weighted by Crippen LogP contribution is -2.21. The van der Waals surface area contributed by atoms with Gasteiger partial charge in [0, 0.05) is 6.54 Å². The maximum absolute atomic E-state index is 3.99. The van der Waals surface area contributed by atoms with Crippen LogP contribution in [0.5, 0.6) is 0 Å². The van der Waals surface area contributed by atoms with Crippen molar-refractivity contribution in [3.8, 4) is 0 Å². The van der Waals surface area contributed by atoms with Gasteiger partial charge in [0.15, 0.2) is 0 Å². The Morgan fingerprint density at radius 1 is 1.31 bits per heavy atom. The first kappa shape index (κ1) is 11.4. The van der Waals surface area contributed by atoms with Crippen molar-refractivity contribution in [2.24, 2.45) is 0 Å². The number of likely N-dealkylation sites (tertiary alicyclic amines) is 1. The van der Waals surface area contributed by atoms with Crippen molar-refractivity contribution in [1.29, 1.82) is 0 Å². The number of benzene rings is 1. The van der Waals surface area contributed by atoms with Crippen LogP contribution in [-0.4, -0.2) is 24.5 Å². The Morgan fingerprint density at radius 3 is 2.75 bits per heavy atom. The highest BCUT2D eigenvalue weighted by atomic mass is 15.1. The molecule has 1 aromatic rings. The van der Waals surface area contributed by atoms with Gasteiger partial charge < -0.3 is 4.90 Å². The van der Waals surface area contributed by atoms with Crippen LogP contribution >= 0.6 is 0 Å². The molecule has 0 saturated carbocycles. The van der Waals surface area contributed by atoms with E-state index in [4.69, 9.17) is 0 Å². The Kier molecular flexibility index (Phi) is 3.79. The zero-order chi connectivity index (χ0) is 11.4. The summed E-state index contributed by atoms with van der Waals surface area (Å²) in [5.41, 5.74) is 3.87. The van der Waals surface area contributed by atoms with Crippen molar-refractivity contribution < 1.29 is 0 Å². The van der Waals surface area contributed by atoms with Crippen LogP contribution in [-0.2, 0) is 6.42 Å². The molecule has 1 heterocycles. The minimum atomic E-state index is 1.16. The highest BCUT2D eigenvalue weighted by Gasteiger charge is 2.10. The van der Waals surface area contributed by atoms with Crippen LogP contribution in [0.3, 0.4) is 0 Å². The number of hydrogen-bond donors (Lipinski definition) is 0. The van der Waals surface area contributed by atoms with Crippen LogP contribution in [0, 0.1) is 0 Å². The Bertz CT molecular complexity index is 361. The Morgan fingerprint density at radius 2 is 2.06 bits per heavy atom. The summed E-state index contributed by atoms with van der Waals surface area (Å²) >= 11 is 0. The van der Waals surface area contributed by atoms with E-state index in [0.717, 1.165) is 5.57 Å². The quantitative estimate of drug-likeness (QED) is 0.744. The van der Waals surface area contributed by atoms with Gasteiger partial charge in [-0.15, -0.1) is 0 Å². The second-order valence-corrected chi connectivity index (χ2v) is 4.78. The lowest BCUT2D eigenvalue weighted by Gasteiger charge is -2.14. The van der Waals surface area contributed by atoms with Gasteiger partial charge in [0.1, 0.15) is 0 Å². The van der Waals surface area contributed by atoms with Gasteiger partial charge in [-0.1, -0.05) is 36.4 Å². The van der Waals surface area contributed by atoms with E-state index in [0.29, 0.717) is 0 Å². The third-order valence-electron chi connectivity index (χ3n) is 3.34. The maximum atomic E-state index is 3.99. The smallest absolute Gasteiger partial charge is 0.00218 e. The summed E-state index contributed by atoms with van der Waals surface area (Å²) in [4.78, 5) is 2.56. The van der Waals surface area contributed by atoms with E-state index in [1.54, 1.807) is 0 Å². The van der Waals surface area contributed by atoms with Crippen molar-refractivity contribution in [3.63, 3.8) is 0 Å². The lowest BCUT2D eigenvalue weighted by atomic mass is 10.0. The van der Waals surface area contributed by atoms with Crippen LogP contribution in [0.1, 0.15) is 30.9 Å². The Labute approximate surface area is 98.8 Å². The monoisotopic (exact) mass is 215 g/mol. The van der Waals surface area contributed by atoms with Crippen molar-refractivity contribution >= 4 is 5.57 Å². The lowest BCUT2D eigenvalue weighted by molar-refractivity contribution is 0.343. The first-order valence-electron chi connectivity index (χ1n) is 6.23. The van der Waals surface area contributed by atoms with E-state index in [9.17, 15) is 0 Å². The third kappa shape index (κ3) is 2.96. The molecular formula is C15H21N. The summed E-state index contributed by atoms with van der Waals surface area (Å²) in [6.07, 6.45) is 3.93.